The van der Waals surface area contributed by atoms with E-state index < -0.39 is 0 Å². The van der Waals surface area contributed by atoms with Gasteiger partial charge in [-0.2, -0.15) is 5.10 Å². The van der Waals surface area contributed by atoms with Gasteiger partial charge in [0.1, 0.15) is 11.4 Å². The van der Waals surface area contributed by atoms with Gasteiger partial charge >= 0.3 is 5.97 Å². The summed E-state index contributed by atoms with van der Waals surface area (Å²) in [4.78, 5) is 12.3. The van der Waals surface area contributed by atoms with Crippen molar-refractivity contribution in [2.24, 2.45) is 0 Å². The number of aromatic nitrogens is 2. The van der Waals surface area contributed by atoms with Gasteiger partial charge in [0.05, 0.1) is 26.0 Å². The molecule has 0 saturated heterocycles. The zero-order chi connectivity index (χ0) is 18.5. The van der Waals surface area contributed by atoms with Crippen LogP contribution < -0.4 is 4.74 Å². The maximum atomic E-state index is 12.3. The Kier molecular flexibility index (Phi) is 5.73. The van der Waals surface area contributed by atoms with Crippen molar-refractivity contribution in [2.75, 3.05) is 13.7 Å². The third-order valence-electron chi connectivity index (χ3n) is 3.90. The van der Waals surface area contributed by atoms with Crippen molar-refractivity contribution in [2.45, 2.75) is 13.5 Å². The molecule has 2 aromatic carbocycles. The molecule has 1 heterocycles. The Balaban J connectivity index is 1.95. The van der Waals surface area contributed by atoms with Gasteiger partial charge in [-0.05, 0) is 42.8 Å². The minimum absolute atomic E-state index is 0.320. The third-order valence-corrected chi connectivity index (χ3v) is 4.42. The minimum atomic E-state index is -0.378. The van der Waals surface area contributed by atoms with Gasteiger partial charge in [-0.1, -0.05) is 40.2 Å². The molecule has 0 atom stereocenters. The minimum Gasteiger partial charge on any atom is -0.497 e. The smallest absolute Gasteiger partial charge is 0.356 e. The first-order valence-electron chi connectivity index (χ1n) is 8.24. The van der Waals surface area contributed by atoms with Crippen LogP contribution in [-0.4, -0.2) is 29.5 Å². The summed E-state index contributed by atoms with van der Waals surface area (Å²) >= 11 is 3.43. The second-order valence-corrected chi connectivity index (χ2v) is 6.56. The van der Waals surface area contributed by atoms with E-state index in [0.717, 1.165) is 27.0 Å². The van der Waals surface area contributed by atoms with Crippen molar-refractivity contribution in [3.05, 3.63) is 70.3 Å². The van der Waals surface area contributed by atoms with E-state index >= 15 is 0 Å². The number of hydrogen-bond donors (Lipinski definition) is 0. The number of nitrogens with zero attached hydrogens (tertiary/aromatic N) is 2. The fraction of sp³-hybridized carbons (Fsp3) is 0.200. The molecule has 0 aliphatic heterocycles. The second kappa shape index (κ2) is 8.19. The molecule has 0 saturated carbocycles. The van der Waals surface area contributed by atoms with E-state index in [1.807, 2.05) is 48.5 Å². The molecule has 5 nitrogen and oxygen atoms in total. The molecule has 0 aliphatic rings. The van der Waals surface area contributed by atoms with Crippen LogP contribution in [0, 0.1) is 0 Å². The van der Waals surface area contributed by atoms with Crippen LogP contribution in [0.5, 0.6) is 5.75 Å². The van der Waals surface area contributed by atoms with Crippen LogP contribution in [0.3, 0.4) is 0 Å². The quantitative estimate of drug-likeness (QED) is 0.555. The maximum Gasteiger partial charge on any atom is 0.356 e. The molecular formula is C20H19BrN2O3. The summed E-state index contributed by atoms with van der Waals surface area (Å²) < 4.78 is 13.0. The number of carbonyl (C=O) groups excluding carboxylic acids is 1. The van der Waals surface area contributed by atoms with Gasteiger partial charge in [-0.15, -0.1) is 0 Å². The molecule has 0 fully saturated rings. The van der Waals surface area contributed by atoms with E-state index in [1.165, 1.54) is 0 Å². The van der Waals surface area contributed by atoms with Crippen molar-refractivity contribution in [3.63, 3.8) is 0 Å². The Morgan fingerprint density at radius 1 is 1.12 bits per heavy atom. The molecule has 0 unspecified atom stereocenters. The largest absolute Gasteiger partial charge is 0.497 e. The summed E-state index contributed by atoms with van der Waals surface area (Å²) in [6.07, 6.45) is 0. The first kappa shape index (κ1) is 18.2. The van der Waals surface area contributed by atoms with E-state index in [2.05, 4.69) is 21.0 Å². The number of benzene rings is 2. The number of hydrogen-bond acceptors (Lipinski definition) is 4. The zero-order valence-corrected chi connectivity index (χ0v) is 16.2. The molecule has 6 heteroatoms. The van der Waals surface area contributed by atoms with Crippen LogP contribution >= 0.6 is 15.9 Å². The van der Waals surface area contributed by atoms with Crippen molar-refractivity contribution < 1.29 is 14.3 Å². The average molecular weight is 415 g/mol. The van der Waals surface area contributed by atoms with Crippen molar-refractivity contribution in [1.29, 1.82) is 0 Å². The average Bonchev–Trinajstić information content (AvgIpc) is 3.07. The second-order valence-electron chi connectivity index (χ2n) is 5.65. The van der Waals surface area contributed by atoms with E-state index in [9.17, 15) is 4.79 Å². The summed E-state index contributed by atoms with van der Waals surface area (Å²) in [5.41, 5.74) is 3.11. The molecular weight excluding hydrogens is 396 g/mol. The Labute approximate surface area is 160 Å². The van der Waals surface area contributed by atoms with Crippen LogP contribution in [0.2, 0.25) is 0 Å². The van der Waals surface area contributed by atoms with E-state index in [-0.39, 0.29) is 5.97 Å². The standard InChI is InChI=1S/C20H19BrN2O3/c1-3-26-20(24)19-12-18(15-6-8-16(21)9-7-15)22-23(19)13-14-4-10-17(25-2)11-5-14/h4-12H,3,13H2,1-2H3. The predicted octanol–water partition coefficient (Wildman–Crippen LogP) is 4.55. The van der Waals surface area contributed by atoms with Gasteiger partial charge in [-0.3, -0.25) is 4.68 Å². The Morgan fingerprint density at radius 2 is 1.81 bits per heavy atom. The highest BCUT2D eigenvalue weighted by atomic mass is 79.9. The summed E-state index contributed by atoms with van der Waals surface area (Å²) in [5.74, 6) is 0.409. The highest BCUT2D eigenvalue weighted by molar-refractivity contribution is 9.10. The van der Waals surface area contributed by atoms with Crippen LogP contribution in [-0.2, 0) is 11.3 Å². The molecule has 3 aromatic rings. The van der Waals surface area contributed by atoms with E-state index in [1.54, 1.807) is 24.8 Å². The van der Waals surface area contributed by atoms with Crippen molar-refractivity contribution >= 4 is 21.9 Å². The van der Waals surface area contributed by atoms with E-state index in [4.69, 9.17) is 9.47 Å². The number of rotatable bonds is 6. The SMILES string of the molecule is CCOC(=O)c1cc(-c2ccc(Br)cc2)nn1Cc1ccc(OC)cc1. The molecule has 1 aromatic heterocycles. The molecule has 134 valence electrons. The number of halogens is 1. The lowest BCUT2D eigenvalue weighted by Gasteiger charge is -2.08. The lowest BCUT2D eigenvalue weighted by molar-refractivity contribution is 0.0512. The van der Waals surface area contributed by atoms with Crippen LogP contribution in [0.1, 0.15) is 23.0 Å². The van der Waals surface area contributed by atoms with Crippen LogP contribution in [0.15, 0.2) is 59.1 Å². The Bertz CT molecular complexity index is 886. The van der Waals surface area contributed by atoms with Gasteiger partial charge in [0.15, 0.2) is 0 Å². The van der Waals surface area contributed by atoms with Gasteiger partial charge in [-0.25, -0.2) is 4.79 Å². The molecule has 26 heavy (non-hydrogen) atoms. The third kappa shape index (κ3) is 4.14. The predicted molar refractivity (Wildman–Crippen MR) is 103 cm³/mol. The monoisotopic (exact) mass is 414 g/mol. The number of carbonyl (C=O) groups is 1. The maximum absolute atomic E-state index is 12.3. The number of ether oxygens (including phenoxy) is 2. The van der Waals surface area contributed by atoms with Crippen LogP contribution in [0.4, 0.5) is 0 Å². The lowest BCUT2D eigenvalue weighted by atomic mass is 10.1. The van der Waals surface area contributed by atoms with Crippen LogP contribution in [0.25, 0.3) is 11.3 Å². The summed E-state index contributed by atoms with van der Waals surface area (Å²) in [6, 6.07) is 17.3. The number of methoxy groups -OCH3 is 1. The van der Waals surface area contributed by atoms with Crippen molar-refractivity contribution in [1.82, 2.24) is 9.78 Å². The Hall–Kier alpha value is -2.60. The highest BCUT2D eigenvalue weighted by Crippen LogP contribution is 2.23. The molecule has 0 N–H and O–H groups in total. The van der Waals surface area contributed by atoms with Gasteiger partial charge in [0, 0.05) is 10.0 Å². The van der Waals surface area contributed by atoms with Crippen molar-refractivity contribution in [3.8, 4) is 17.0 Å². The summed E-state index contributed by atoms with van der Waals surface area (Å²) in [5, 5.41) is 4.62. The molecule has 0 radical (unpaired) electrons. The highest BCUT2D eigenvalue weighted by Gasteiger charge is 2.17. The number of esters is 1. The zero-order valence-electron chi connectivity index (χ0n) is 14.6. The summed E-state index contributed by atoms with van der Waals surface area (Å²) in [6.45, 7) is 2.58. The first-order valence-corrected chi connectivity index (χ1v) is 9.04. The van der Waals surface area contributed by atoms with Gasteiger partial charge in [0.25, 0.3) is 0 Å². The first-order chi connectivity index (χ1) is 12.6. The molecule has 0 amide bonds. The topological polar surface area (TPSA) is 53.3 Å². The molecule has 3 rings (SSSR count). The molecule has 0 bridgehead atoms. The molecule has 0 spiro atoms. The normalized spacial score (nSPS) is 10.6. The fourth-order valence-electron chi connectivity index (χ4n) is 2.57. The fourth-order valence-corrected chi connectivity index (χ4v) is 2.84. The Morgan fingerprint density at radius 3 is 2.42 bits per heavy atom. The summed E-state index contributed by atoms with van der Waals surface area (Å²) in [7, 11) is 1.63. The van der Waals surface area contributed by atoms with Gasteiger partial charge in [0.2, 0.25) is 0 Å². The molecule has 0 aliphatic carbocycles. The van der Waals surface area contributed by atoms with Gasteiger partial charge < -0.3 is 9.47 Å². The van der Waals surface area contributed by atoms with E-state index in [0.29, 0.717) is 18.8 Å². The lowest BCUT2D eigenvalue weighted by Crippen LogP contribution is -2.14.